The van der Waals surface area contributed by atoms with E-state index in [1.807, 2.05) is 0 Å². The number of amides is 2. The summed E-state index contributed by atoms with van der Waals surface area (Å²) in [5.74, 6) is -1.57. The summed E-state index contributed by atoms with van der Waals surface area (Å²) in [7, 11) is 2.51. The standard InChI is InChI=1S/C18H25N3O7/c1-26-15(22)3-6-20-17(24)12-9-13(11-14(10-12)28-8-5-19)18(25)21-7-4-16(23)27-2/h9-11H,3-8,19H2,1-2H3,(H,20,24)(H,21,25). The smallest absolute Gasteiger partial charge is 0.307 e. The van der Waals surface area contributed by atoms with Gasteiger partial charge in [-0.15, -0.1) is 0 Å². The van der Waals surface area contributed by atoms with E-state index in [1.54, 1.807) is 0 Å². The zero-order valence-electron chi connectivity index (χ0n) is 15.9. The number of hydrogen-bond donors (Lipinski definition) is 3. The first-order chi connectivity index (χ1) is 13.4. The van der Waals surface area contributed by atoms with E-state index in [1.165, 1.54) is 32.4 Å². The van der Waals surface area contributed by atoms with Gasteiger partial charge in [0.2, 0.25) is 0 Å². The van der Waals surface area contributed by atoms with Crippen molar-refractivity contribution >= 4 is 23.8 Å². The lowest BCUT2D eigenvalue weighted by molar-refractivity contribution is -0.141. The van der Waals surface area contributed by atoms with Crippen molar-refractivity contribution in [3.05, 3.63) is 29.3 Å². The lowest BCUT2D eigenvalue weighted by Gasteiger charge is -2.11. The lowest BCUT2D eigenvalue weighted by atomic mass is 10.1. The van der Waals surface area contributed by atoms with Crippen LogP contribution in [-0.4, -0.2) is 64.2 Å². The van der Waals surface area contributed by atoms with Crippen LogP contribution in [-0.2, 0) is 19.1 Å². The lowest BCUT2D eigenvalue weighted by Crippen LogP contribution is -2.28. The highest BCUT2D eigenvalue weighted by Gasteiger charge is 2.14. The predicted octanol–water partition coefficient (Wildman–Crippen LogP) is -0.390. The minimum absolute atomic E-state index is 0.0203. The first-order valence-corrected chi connectivity index (χ1v) is 8.59. The molecular formula is C18H25N3O7. The Morgan fingerprint density at radius 1 is 0.857 bits per heavy atom. The summed E-state index contributed by atoms with van der Waals surface area (Å²) in [5.41, 5.74) is 5.77. The number of nitrogens with two attached hydrogens (primary N) is 1. The Hall–Kier alpha value is -3.14. The molecule has 4 N–H and O–H groups in total. The second-order valence-corrected chi connectivity index (χ2v) is 5.55. The summed E-state index contributed by atoms with van der Waals surface area (Å²) in [5, 5.41) is 5.13. The summed E-state index contributed by atoms with van der Waals surface area (Å²) < 4.78 is 14.4. The second-order valence-electron chi connectivity index (χ2n) is 5.55. The largest absolute Gasteiger partial charge is 0.492 e. The van der Waals surface area contributed by atoms with Gasteiger partial charge >= 0.3 is 11.9 Å². The van der Waals surface area contributed by atoms with Gasteiger partial charge in [0, 0.05) is 30.8 Å². The fraction of sp³-hybridized carbons (Fsp3) is 0.444. The molecule has 0 aliphatic heterocycles. The highest BCUT2D eigenvalue weighted by molar-refractivity contribution is 6.00. The van der Waals surface area contributed by atoms with Crippen LogP contribution in [0.4, 0.5) is 0 Å². The molecule has 0 bridgehead atoms. The van der Waals surface area contributed by atoms with Gasteiger partial charge in [0.15, 0.2) is 0 Å². The number of ether oxygens (including phenoxy) is 3. The van der Waals surface area contributed by atoms with Crippen LogP contribution in [0.1, 0.15) is 33.6 Å². The molecule has 0 radical (unpaired) electrons. The third-order valence-electron chi connectivity index (χ3n) is 3.50. The van der Waals surface area contributed by atoms with Crippen LogP contribution in [0.15, 0.2) is 18.2 Å². The van der Waals surface area contributed by atoms with Crippen molar-refractivity contribution in [3.63, 3.8) is 0 Å². The number of carbonyl (C=O) groups is 4. The van der Waals surface area contributed by atoms with E-state index in [-0.39, 0.29) is 50.2 Å². The minimum Gasteiger partial charge on any atom is -0.492 e. The van der Waals surface area contributed by atoms with Gasteiger partial charge in [-0.05, 0) is 18.2 Å². The van der Waals surface area contributed by atoms with Crippen molar-refractivity contribution in [3.8, 4) is 5.75 Å². The van der Waals surface area contributed by atoms with Crippen LogP contribution in [0, 0.1) is 0 Å². The van der Waals surface area contributed by atoms with E-state index in [0.717, 1.165) is 0 Å². The molecule has 0 aromatic heterocycles. The molecular weight excluding hydrogens is 370 g/mol. The summed E-state index contributed by atoms with van der Waals surface area (Å²) in [6, 6.07) is 4.32. The molecule has 0 saturated heterocycles. The highest BCUT2D eigenvalue weighted by Crippen LogP contribution is 2.18. The van der Waals surface area contributed by atoms with E-state index in [0.29, 0.717) is 5.75 Å². The van der Waals surface area contributed by atoms with Crippen LogP contribution in [0.5, 0.6) is 5.75 Å². The average molecular weight is 395 g/mol. The molecule has 0 spiro atoms. The van der Waals surface area contributed by atoms with Gasteiger partial charge in [-0.1, -0.05) is 0 Å². The Kier molecular flexibility index (Phi) is 10.0. The summed E-state index contributed by atoms with van der Waals surface area (Å²) in [6.07, 6.45) is 0.0406. The van der Waals surface area contributed by atoms with Gasteiger partial charge in [0.25, 0.3) is 11.8 Å². The fourth-order valence-electron chi connectivity index (χ4n) is 2.09. The Morgan fingerprint density at radius 3 is 1.71 bits per heavy atom. The van der Waals surface area contributed by atoms with Crippen molar-refractivity contribution in [1.29, 1.82) is 0 Å². The van der Waals surface area contributed by atoms with E-state index in [2.05, 4.69) is 20.1 Å². The topological polar surface area (TPSA) is 146 Å². The Bertz CT molecular complexity index is 654. The number of esters is 2. The number of methoxy groups -OCH3 is 2. The molecule has 0 fully saturated rings. The first kappa shape index (κ1) is 22.9. The van der Waals surface area contributed by atoms with Crippen molar-refractivity contribution in [2.45, 2.75) is 12.8 Å². The third-order valence-corrected chi connectivity index (χ3v) is 3.50. The van der Waals surface area contributed by atoms with E-state index in [9.17, 15) is 19.2 Å². The third kappa shape index (κ3) is 8.04. The molecule has 10 nitrogen and oxygen atoms in total. The molecule has 0 atom stereocenters. The molecule has 1 aromatic rings. The van der Waals surface area contributed by atoms with E-state index >= 15 is 0 Å². The predicted molar refractivity (Wildman–Crippen MR) is 98.9 cm³/mol. The summed E-state index contributed by atoms with van der Waals surface area (Å²) in [6.45, 7) is 0.632. The minimum atomic E-state index is -0.481. The van der Waals surface area contributed by atoms with Crippen LogP contribution in [0.25, 0.3) is 0 Å². The molecule has 0 aliphatic carbocycles. The molecule has 154 valence electrons. The van der Waals surface area contributed by atoms with Crippen molar-refractivity contribution in [2.24, 2.45) is 5.73 Å². The number of benzene rings is 1. The zero-order valence-corrected chi connectivity index (χ0v) is 15.9. The maximum absolute atomic E-state index is 12.3. The van der Waals surface area contributed by atoms with E-state index in [4.69, 9.17) is 10.5 Å². The Morgan fingerprint density at radius 2 is 1.32 bits per heavy atom. The quantitative estimate of drug-likeness (QED) is 0.429. The monoisotopic (exact) mass is 395 g/mol. The van der Waals surface area contributed by atoms with Gasteiger partial charge in [0.05, 0.1) is 27.1 Å². The molecule has 0 aliphatic rings. The fourth-order valence-corrected chi connectivity index (χ4v) is 2.09. The molecule has 28 heavy (non-hydrogen) atoms. The molecule has 1 rings (SSSR count). The van der Waals surface area contributed by atoms with Crippen molar-refractivity contribution in [1.82, 2.24) is 10.6 Å². The molecule has 0 saturated carbocycles. The molecule has 2 amide bonds. The van der Waals surface area contributed by atoms with Crippen LogP contribution < -0.4 is 21.1 Å². The van der Waals surface area contributed by atoms with Gasteiger partial charge in [-0.25, -0.2) is 0 Å². The average Bonchev–Trinajstić information content (AvgIpc) is 2.71. The number of rotatable bonds is 11. The summed E-state index contributed by atoms with van der Waals surface area (Å²) >= 11 is 0. The molecule has 0 heterocycles. The summed E-state index contributed by atoms with van der Waals surface area (Å²) in [4.78, 5) is 46.9. The second kappa shape index (κ2) is 12.3. The van der Waals surface area contributed by atoms with Crippen LogP contribution in [0.2, 0.25) is 0 Å². The normalized spacial score (nSPS) is 9.96. The SMILES string of the molecule is COC(=O)CCNC(=O)c1cc(OCCN)cc(C(=O)NCCC(=O)OC)c1. The first-order valence-electron chi connectivity index (χ1n) is 8.59. The van der Waals surface area contributed by atoms with Gasteiger partial charge in [0.1, 0.15) is 12.4 Å². The molecule has 0 unspecified atom stereocenters. The van der Waals surface area contributed by atoms with Gasteiger partial charge in [-0.2, -0.15) is 0 Å². The highest BCUT2D eigenvalue weighted by atomic mass is 16.5. The zero-order chi connectivity index (χ0) is 20.9. The number of hydrogen-bond acceptors (Lipinski definition) is 8. The van der Waals surface area contributed by atoms with E-state index < -0.39 is 23.8 Å². The number of nitrogens with one attached hydrogen (secondary N) is 2. The molecule has 1 aromatic carbocycles. The maximum Gasteiger partial charge on any atom is 0.307 e. The van der Waals surface area contributed by atoms with Gasteiger partial charge < -0.3 is 30.6 Å². The number of carbonyl (C=O) groups excluding carboxylic acids is 4. The van der Waals surface area contributed by atoms with Crippen LogP contribution >= 0.6 is 0 Å². The van der Waals surface area contributed by atoms with Crippen molar-refractivity contribution in [2.75, 3.05) is 40.5 Å². The van der Waals surface area contributed by atoms with Gasteiger partial charge in [-0.3, -0.25) is 19.2 Å². The van der Waals surface area contributed by atoms with Crippen molar-refractivity contribution < 1.29 is 33.4 Å². The Balaban J connectivity index is 2.86. The van der Waals surface area contributed by atoms with Crippen LogP contribution in [0.3, 0.4) is 0 Å². The Labute approximate surface area is 162 Å². The molecule has 10 heteroatoms. The maximum atomic E-state index is 12.3.